The van der Waals surface area contributed by atoms with Crippen molar-refractivity contribution in [3.8, 4) is 0 Å². The minimum absolute atomic E-state index is 0.0171. The summed E-state index contributed by atoms with van der Waals surface area (Å²) in [5, 5.41) is 5.26. The predicted octanol–water partition coefficient (Wildman–Crippen LogP) is 4.21. The number of pyridine rings is 1. The van der Waals surface area contributed by atoms with Crippen LogP contribution in [0.3, 0.4) is 0 Å². The van der Waals surface area contributed by atoms with Crippen LogP contribution in [0.2, 0.25) is 0 Å². The number of fused-ring (bicyclic) bond motifs is 1. The molecule has 1 aliphatic rings. The minimum atomic E-state index is 0.0171. The Morgan fingerprint density at radius 3 is 2.74 bits per heavy atom. The molecule has 1 aliphatic heterocycles. The molecule has 1 unspecified atom stereocenters. The first-order valence-corrected chi connectivity index (χ1v) is 8.63. The number of hydrogen-bond donors (Lipinski definition) is 1. The quantitative estimate of drug-likeness (QED) is 0.920. The first-order chi connectivity index (χ1) is 11.2. The average Bonchev–Trinajstić information content (AvgIpc) is 2.62. The molecule has 1 fully saturated rings. The average molecular weight is 311 g/mol. The Morgan fingerprint density at radius 1 is 1.22 bits per heavy atom. The third-order valence-electron chi connectivity index (χ3n) is 4.81. The van der Waals surface area contributed by atoms with Crippen LogP contribution in [0.15, 0.2) is 30.6 Å². The van der Waals surface area contributed by atoms with E-state index >= 15 is 0 Å². The molecule has 2 aromatic rings. The number of nitrogens with one attached hydrogen (secondary N) is 1. The van der Waals surface area contributed by atoms with Gasteiger partial charge in [0.2, 0.25) is 5.91 Å². The highest BCUT2D eigenvalue weighted by Crippen LogP contribution is 2.33. The normalized spacial score (nSPS) is 16.3. The fourth-order valence-electron chi connectivity index (χ4n) is 3.14. The summed E-state index contributed by atoms with van der Waals surface area (Å²) in [6.45, 7) is 6.20. The van der Waals surface area contributed by atoms with Gasteiger partial charge >= 0.3 is 0 Å². The van der Waals surface area contributed by atoms with Crippen molar-refractivity contribution < 1.29 is 4.79 Å². The topological polar surface area (TPSA) is 45.2 Å². The maximum atomic E-state index is 12.2. The molecule has 0 saturated carbocycles. The molecule has 2 heterocycles. The fourth-order valence-corrected chi connectivity index (χ4v) is 3.14. The zero-order valence-electron chi connectivity index (χ0n) is 14.0. The van der Waals surface area contributed by atoms with E-state index in [1.54, 1.807) is 0 Å². The monoisotopic (exact) mass is 311 g/mol. The molecular weight excluding hydrogens is 286 g/mol. The van der Waals surface area contributed by atoms with Crippen LogP contribution in [0, 0.1) is 5.92 Å². The van der Waals surface area contributed by atoms with Crippen LogP contribution >= 0.6 is 0 Å². The molecule has 1 saturated heterocycles. The summed E-state index contributed by atoms with van der Waals surface area (Å²) in [6.07, 6.45) is 8.34. The van der Waals surface area contributed by atoms with Gasteiger partial charge in [-0.15, -0.1) is 0 Å². The molecule has 122 valence electrons. The number of piperidine rings is 1. The number of amides is 1. The van der Waals surface area contributed by atoms with Crippen molar-refractivity contribution >= 4 is 28.1 Å². The summed E-state index contributed by atoms with van der Waals surface area (Å²) in [6, 6.07) is 6.21. The zero-order chi connectivity index (χ0) is 16.2. The molecular formula is C19H25N3O. The van der Waals surface area contributed by atoms with E-state index < -0.39 is 0 Å². The molecule has 1 aromatic carbocycles. The van der Waals surface area contributed by atoms with Crippen LogP contribution < -0.4 is 10.2 Å². The molecule has 3 rings (SSSR count). The molecule has 1 atom stereocenters. The molecule has 1 amide bonds. The lowest BCUT2D eigenvalue weighted by Crippen LogP contribution is -2.29. The Balaban J connectivity index is 1.97. The van der Waals surface area contributed by atoms with Gasteiger partial charge in [0.1, 0.15) is 0 Å². The van der Waals surface area contributed by atoms with E-state index in [4.69, 9.17) is 0 Å². The van der Waals surface area contributed by atoms with E-state index in [0.717, 1.165) is 30.6 Å². The van der Waals surface area contributed by atoms with Crippen molar-refractivity contribution in [1.82, 2.24) is 4.98 Å². The van der Waals surface area contributed by atoms with Crippen LogP contribution in [0.25, 0.3) is 10.8 Å². The Bertz CT molecular complexity index is 692. The number of carbonyl (C=O) groups excluding carboxylic acids is 1. The Hall–Kier alpha value is -2.10. The first kappa shape index (κ1) is 15.8. The van der Waals surface area contributed by atoms with E-state index in [2.05, 4.69) is 27.3 Å². The van der Waals surface area contributed by atoms with Crippen molar-refractivity contribution in [2.45, 2.75) is 39.5 Å². The van der Waals surface area contributed by atoms with Gasteiger partial charge in [-0.3, -0.25) is 9.78 Å². The molecule has 4 heteroatoms. The Labute approximate surface area is 137 Å². The van der Waals surface area contributed by atoms with Gasteiger partial charge < -0.3 is 10.2 Å². The number of anilines is 2. The third-order valence-corrected chi connectivity index (χ3v) is 4.81. The van der Waals surface area contributed by atoms with Gasteiger partial charge in [0, 0.05) is 47.9 Å². The fraction of sp³-hybridized carbons (Fsp3) is 0.474. The summed E-state index contributed by atoms with van der Waals surface area (Å²) in [5.41, 5.74) is 2.11. The molecule has 1 aromatic heterocycles. The second kappa shape index (κ2) is 6.99. The van der Waals surface area contributed by atoms with E-state index in [9.17, 15) is 4.79 Å². The zero-order valence-corrected chi connectivity index (χ0v) is 14.0. The van der Waals surface area contributed by atoms with Gasteiger partial charge in [-0.25, -0.2) is 0 Å². The number of aromatic nitrogens is 1. The van der Waals surface area contributed by atoms with Crippen molar-refractivity contribution in [3.05, 3.63) is 30.6 Å². The van der Waals surface area contributed by atoms with Crippen molar-refractivity contribution in [3.63, 3.8) is 0 Å². The van der Waals surface area contributed by atoms with Gasteiger partial charge in [0.25, 0.3) is 0 Å². The van der Waals surface area contributed by atoms with Crippen molar-refractivity contribution in [2.75, 3.05) is 23.3 Å². The molecule has 23 heavy (non-hydrogen) atoms. The highest BCUT2D eigenvalue weighted by atomic mass is 16.1. The van der Waals surface area contributed by atoms with Gasteiger partial charge in [0.15, 0.2) is 0 Å². The Morgan fingerprint density at radius 2 is 2.00 bits per heavy atom. The van der Waals surface area contributed by atoms with E-state index in [-0.39, 0.29) is 11.8 Å². The molecule has 0 spiro atoms. The van der Waals surface area contributed by atoms with E-state index in [1.807, 2.05) is 32.3 Å². The summed E-state index contributed by atoms with van der Waals surface area (Å²) < 4.78 is 0. The Kier molecular flexibility index (Phi) is 4.79. The summed E-state index contributed by atoms with van der Waals surface area (Å²) in [7, 11) is 0. The summed E-state index contributed by atoms with van der Waals surface area (Å²) in [4.78, 5) is 18.9. The standard InChI is InChI=1S/C19H25N3O/c1-3-14(2)19(23)21-17-7-8-18(22-11-5-4-6-12-22)15-9-10-20-13-16(15)17/h7-10,13-14H,3-6,11-12H2,1-2H3,(H,21,23). The number of carbonyl (C=O) groups is 1. The van der Waals surface area contributed by atoms with Crippen LogP contribution in [-0.4, -0.2) is 24.0 Å². The van der Waals surface area contributed by atoms with E-state index in [1.165, 1.54) is 30.3 Å². The van der Waals surface area contributed by atoms with Crippen molar-refractivity contribution in [1.29, 1.82) is 0 Å². The molecule has 1 N–H and O–H groups in total. The maximum Gasteiger partial charge on any atom is 0.227 e. The first-order valence-electron chi connectivity index (χ1n) is 8.63. The van der Waals surface area contributed by atoms with Crippen LogP contribution in [-0.2, 0) is 4.79 Å². The van der Waals surface area contributed by atoms with Crippen LogP contribution in [0.4, 0.5) is 11.4 Å². The third kappa shape index (κ3) is 3.31. The lowest BCUT2D eigenvalue weighted by atomic mass is 10.0. The molecule has 4 nitrogen and oxygen atoms in total. The van der Waals surface area contributed by atoms with Crippen LogP contribution in [0.1, 0.15) is 39.5 Å². The van der Waals surface area contributed by atoms with Gasteiger partial charge in [-0.1, -0.05) is 13.8 Å². The number of hydrogen-bond acceptors (Lipinski definition) is 3. The number of rotatable bonds is 4. The number of nitrogens with zero attached hydrogens (tertiary/aromatic N) is 2. The lowest BCUT2D eigenvalue weighted by Gasteiger charge is -2.30. The predicted molar refractivity (Wildman–Crippen MR) is 95.9 cm³/mol. The minimum Gasteiger partial charge on any atom is -0.371 e. The summed E-state index contributed by atoms with van der Waals surface area (Å²) >= 11 is 0. The van der Waals surface area contributed by atoms with Gasteiger partial charge in [-0.05, 0) is 43.9 Å². The molecule has 0 radical (unpaired) electrons. The van der Waals surface area contributed by atoms with E-state index in [0.29, 0.717) is 0 Å². The SMILES string of the molecule is CCC(C)C(=O)Nc1ccc(N2CCCCC2)c2ccncc12. The molecule has 0 aliphatic carbocycles. The second-order valence-corrected chi connectivity index (χ2v) is 6.40. The van der Waals surface area contributed by atoms with Crippen molar-refractivity contribution in [2.24, 2.45) is 5.92 Å². The summed E-state index contributed by atoms with van der Waals surface area (Å²) in [5.74, 6) is 0.0897. The highest BCUT2D eigenvalue weighted by Gasteiger charge is 2.17. The second-order valence-electron chi connectivity index (χ2n) is 6.40. The number of benzene rings is 1. The smallest absolute Gasteiger partial charge is 0.227 e. The largest absolute Gasteiger partial charge is 0.371 e. The molecule has 0 bridgehead atoms. The lowest BCUT2D eigenvalue weighted by molar-refractivity contribution is -0.119. The van der Waals surface area contributed by atoms with Gasteiger partial charge in [-0.2, -0.15) is 0 Å². The maximum absolute atomic E-state index is 12.2. The highest BCUT2D eigenvalue weighted by molar-refractivity contribution is 6.06. The van der Waals surface area contributed by atoms with Gasteiger partial charge in [0.05, 0.1) is 5.69 Å². The van der Waals surface area contributed by atoms with Crippen LogP contribution in [0.5, 0.6) is 0 Å².